The predicted octanol–water partition coefficient (Wildman–Crippen LogP) is 9.60. The summed E-state index contributed by atoms with van der Waals surface area (Å²) in [6.45, 7) is 10.3. The second kappa shape index (κ2) is 23.1. The fourth-order valence-corrected chi connectivity index (χ4v) is 3.03. The van der Waals surface area contributed by atoms with Crippen LogP contribution in [0, 0.1) is 36.8 Å². The molecule has 0 aliphatic carbocycles. The predicted molar refractivity (Wildman–Crippen MR) is 124 cm³/mol. The minimum atomic E-state index is -1.45. The van der Waals surface area contributed by atoms with Crippen LogP contribution < -0.4 is 0 Å². The van der Waals surface area contributed by atoms with Gasteiger partial charge in [-0.25, -0.2) is 20.9 Å². The first-order chi connectivity index (χ1) is 15.0. The molecule has 0 unspecified atom stereocenters. The third-order valence-corrected chi connectivity index (χ3v) is 4.90. The molecule has 0 N–H and O–H groups in total. The monoisotopic (exact) mass is 618 g/mol. The molecule has 0 nitrogen and oxygen atoms in total. The summed E-state index contributed by atoms with van der Waals surface area (Å²) in [5, 5.41) is 0. The number of unbranched alkanes of at least 4 members (excludes halogenated alkanes) is 12. The number of halogens is 4. The molecule has 0 saturated heterocycles. The van der Waals surface area contributed by atoms with Crippen molar-refractivity contribution in [3.63, 3.8) is 0 Å². The standard InChI is InChI=1S/C20H35.C7H3F4.Hf/c1-3-5-7-9-11-13-15-17-19-20-18-16-14-12-10-8-6-4-2;1-3-6(10)4(8)2-5(9)7(3)11;/h1,3,5,7,9,11H,4,6,8,10,12-20H2,2H3;2H,1H2;/q2*-1;. The van der Waals surface area contributed by atoms with E-state index in [2.05, 4.69) is 26.0 Å². The normalized spacial score (nSPS) is 10.8. The zero-order valence-corrected chi connectivity index (χ0v) is 23.0. The van der Waals surface area contributed by atoms with Crippen molar-refractivity contribution >= 4 is 0 Å². The Bertz CT molecular complexity index is 627. The number of hydrogen-bond donors (Lipinski definition) is 0. The molecule has 0 saturated carbocycles. The summed E-state index contributed by atoms with van der Waals surface area (Å²) in [6, 6.07) is 0.138. The molecule has 32 heavy (non-hydrogen) atoms. The molecule has 180 valence electrons. The molecule has 0 heterocycles. The summed E-state index contributed by atoms with van der Waals surface area (Å²) in [5.41, 5.74) is -0.887. The van der Waals surface area contributed by atoms with Crippen LogP contribution in [0.1, 0.15) is 96.0 Å². The number of benzene rings is 1. The van der Waals surface area contributed by atoms with Crippen LogP contribution in [0.2, 0.25) is 0 Å². The van der Waals surface area contributed by atoms with Gasteiger partial charge in [0.15, 0.2) is 0 Å². The Labute approximate surface area is 212 Å². The topological polar surface area (TPSA) is 0 Å². The maximum atomic E-state index is 12.3. The summed E-state index contributed by atoms with van der Waals surface area (Å²) in [7, 11) is 0. The van der Waals surface area contributed by atoms with E-state index in [9.17, 15) is 17.6 Å². The fourth-order valence-electron chi connectivity index (χ4n) is 3.03. The third-order valence-electron chi connectivity index (χ3n) is 4.90. The van der Waals surface area contributed by atoms with Crippen LogP contribution in [0.25, 0.3) is 0 Å². The van der Waals surface area contributed by atoms with Gasteiger partial charge in [-0.05, 0) is 18.9 Å². The molecule has 0 radical (unpaired) electrons. The van der Waals surface area contributed by atoms with E-state index < -0.39 is 28.8 Å². The van der Waals surface area contributed by atoms with Gasteiger partial charge in [-0.15, -0.1) is 11.6 Å². The van der Waals surface area contributed by atoms with Crippen LogP contribution >= 0.6 is 0 Å². The molecular weight excluding hydrogens is 579 g/mol. The first-order valence-corrected chi connectivity index (χ1v) is 11.5. The molecule has 0 fully saturated rings. The van der Waals surface area contributed by atoms with Crippen molar-refractivity contribution in [1.29, 1.82) is 0 Å². The van der Waals surface area contributed by atoms with Gasteiger partial charge in [-0.2, -0.15) is 6.92 Å². The Morgan fingerprint density at radius 2 is 1.16 bits per heavy atom. The Balaban J connectivity index is 0. The first kappa shape index (κ1) is 33.1. The van der Waals surface area contributed by atoms with E-state index in [-0.39, 0.29) is 31.9 Å². The van der Waals surface area contributed by atoms with E-state index in [1.807, 2.05) is 12.2 Å². The Morgan fingerprint density at radius 1 is 0.719 bits per heavy atom. The zero-order valence-electron chi connectivity index (χ0n) is 19.5. The van der Waals surface area contributed by atoms with Crippen molar-refractivity contribution in [2.45, 2.75) is 90.4 Å². The fraction of sp³-hybridized carbons (Fsp3) is 0.519. The molecule has 0 amide bonds. The summed E-state index contributed by atoms with van der Waals surface area (Å²) in [5.74, 6) is -5.78. The summed E-state index contributed by atoms with van der Waals surface area (Å²) in [4.78, 5) is 0. The Hall–Kier alpha value is -1.10. The SMILES string of the molecule is [CH-]=CC=CC=CCCCCCCCCCCCCCC.[CH2-]c1c(F)c(F)cc(F)c1F.[Hf]. The molecule has 1 aromatic rings. The molecule has 0 aliphatic rings. The van der Waals surface area contributed by atoms with Crippen LogP contribution in [-0.4, -0.2) is 0 Å². The van der Waals surface area contributed by atoms with E-state index in [0.717, 1.165) is 0 Å². The second-order valence-electron chi connectivity index (χ2n) is 7.63. The summed E-state index contributed by atoms with van der Waals surface area (Å²) >= 11 is 0. The summed E-state index contributed by atoms with van der Waals surface area (Å²) < 4.78 is 49.1. The van der Waals surface area contributed by atoms with Gasteiger partial charge in [0.05, 0.1) is 11.6 Å². The second-order valence-corrected chi connectivity index (χ2v) is 7.63. The smallest absolute Gasteiger partial charge is 0.105 e. The van der Waals surface area contributed by atoms with Crippen LogP contribution in [0.4, 0.5) is 17.6 Å². The molecule has 0 aliphatic heterocycles. The quantitative estimate of drug-likeness (QED) is 0.0460. The summed E-state index contributed by atoms with van der Waals surface area (Å²) in [6.07, 6.45) is 28.0. The molecule has 0 aromatic heterocycles. The molecular formula is C27H38F4Hf-2. The van der Waals surface area contributed by atoms with Crippen LogP contribution in [-0.2, 0) is 25.8 Å². The first-order valence-electron chi connectivity index (χ1n) is 11.5. The largest absolute Gasteiger partial charge is 0.293 e. The molecule has 1 aromatic carbocycles. The van der Waals surface area contributed by atoms with Crippen molar-refractivity contribution in [3.8, 4) is 0 Å². The average Bonchev–Trinajstić information content (AvgIpc) is 2.76. The number of allylic oxidation sites excluding steroid dienone is 5. The van der Waals surface area contributed by atoms with Crippen molar-refractivity contribution < 1.29 is 43.4 Å². The van der Waals surface area contributed by atoms with Gasteiger partial charge >= 0.3 is 0 Å². The number of rotatable bonds is 15. The molecule has 0 bridgehead atoms. The van der Waals surface area contributed by atoms with Crippen LogP contribution in [0.3, 0.4) is 0 Å². The van der Waals surface area contributed by atoms with Crippen LogP contribution in [0.5, 0.6) is 0 Å². The van der Waals surface area contributed by atoms with E-state index >= 15 is 0 Å². The van der Waals surface area contributed by atoms with Gasteiger partial charge in [-0.3, -0.25) is 15.4 Å². The maximum Gasteiger partial charge on any atom is 0.105 e. The number of hydrogen-bond acceptors (Lipinski definition) is 0. The van der Waals surface area contributed by atoms with Gasteiger partial charge in [-0.1, -0.05) is 89.7 Å². The third kappa shape index (κ3) is 17.5. The van der Waals surface area contributed by atoms with Gasteiger partial charge in [0, 0.05) is 25.8 Å². The molecule has 1 rings (SSSR count). The van der Waals surface area contributed by atoms with Gasteiger partial charge in [0.2, 0.25) is 0 Å². The van der Waals surface area contributed by atoms with E-state index in [0.29, 0.717) is 0 Å². The van der Waals surface area contributed by atoms with Gasteiger partial charge in [0.1, 0.15) is 11.6 Å². The molecule has 0 spiro atoms. The van der Waals surface area contributed by atoms with Crippen LogP contribution in [0.15, 0.2) is 36.4 Å². The maximum absolute atomic E-state index is 12.3. The van der Waals surface area contributed by atoms with E-state index in [4.69, 9.17) is 6.58 Å². The minimum Gasteiger partial charge on any atom is -0.293 e. The van der Waals surface area contributed by atoms with Gasteiger partial charge < -0.3 is 0 Å². The Kier molecular flexibility index (Phi) is 23.8. The van der Waals surface area contributed by atoms with Crippen molar-refractivity contribution in [2.75, 3.05) is 0 Å². The van der Waals surface area contributed by atoms with E-state index in [1.54, 1.807) is 6.08 Å². The zero-order chi connectivity index (χ0) is 23.3. The van der Waals surface area contributed by atoms with Crippen molar-refractivity contribution in [3.05, 3.63) is 78.8 Å². The molecule has 5 heteroatoms. The van der Waals surface area contributed by atoms with Gasteiger partial charge in [0.25, 0.3) is 0 Å². The Morgan fingerprint density at radius 3 is 1.59 bits per heavy atom. The van der Waals surface area contributed by atoms with Crippen molar-refractivity contribution in [1.82, 2.24) is 0 Å². The average molecular weight is 617 g/mol. The van der Waals surface area contributed by atoms with E-state index in [1.165, 1.54) is 83.5 Å². The minimum absolute atomic E-state index is 0. The molecule has 0 atom stereocenters. The van der Waals surface area contributed by atoms with Crippen molar-refractivity contribution in [2.24, 2.45) is 0 Å².